The van der Waals surface area contributed by atoms with E-state index in [1.54, 1.807) is 5.94 Å². The lowest BCUT2D eigenvalue weighted by Crippen LogP contribution is -1.93. The molecule has 0 heterocycles. The molecule has 0 aromatic heterocycles. The van der Waals surface area contributed by atoms with Crippen molar-refractivity contribution in [1.29, 1.82) is 0 Å². The predicted octanol–water partition coefficient (Wildman–Crippen LogP) is 12.5. The molecule has 4 heteroatoms. The van der Waals surface area contributed by atoms with Gasteiger partial charge >= 0.3 is 5.97 Å². The first-order valence-corrected chi connectivity index (χ1v) is 18.5. The highest BCUT2D eigenvalue weighted by atomic mass is 16.4. The minimum absolute atomic E-state index is 0.0790. The first kappa shape index (κ1) is 42.7. The molecule has 0 aliphatic heterocycles. The van der Waals surface area contributed by atoms with E-state index in [9.17, 15) is 14.4 Å². The number of carbonyl (C=O) groups excluding carboxylic acids is 2. The summed E-state index contributed by atoms with van der Waals surface area (Å²) in [4.78, 5) is 31.4. The van der Waals surface area contributed by atoms with Gasteiger partial charge in [-0.05, 0) is 12.8 Å². The van der Waals surface area contributed by atoms with E-state index in [-0.39, 0.29) is 5.78 Å². The van der Waals surface area contributed by atoms with E-state index < -0.39 is 5.97 Å². The summed E-state index contributed by atoms with van der Waals surface area (Å²) in [7, 11) is 0. The predicted molar refractivity (Wildman–Crippen MR) is 182 cm³/mol. The van der Waals surface area contributed by atoms with Gasteiger partial charge in [-0.25, -0.2) is 4.79 Å². The third-order valence-electron chi connectivity index (χ3n) is 8.24. The van der Waals surface area contributed by atoms with Gasteiger partial charge in [-0.15, -0.1) is 0 Å². The van der Waals surface area contributed by atoms with Gasteiger partial charge in [-0.2, -0.15) is 0 Å². The Morgan fingerprint density at radius 1 is 0.429 bits per heavy atom. The van der Waals surface area contributed by atoms with Crippen LogP contribution in [0.1, 0.15) is 219 Å². The molecule has 0 fully saturated rings. The first-order chi connectivity index (χ1) is 20.6. The zero-order chi connectivity index (χ0) is 31.2. The van der Waals surface area contributed by atoms with E-state index in [2.05, 4.69) is 13.8 Å². The molecule has 0 aromatic rings. The van der Waals surface area contributed by atoms with Crippen molar-refractivity contribution in [2.75, 3.05) is 0 Å². The van der Waals surface area contributed by atoms with Crippen LogP contribution in [0, 0.1) is 0 Å². The summed E-state index contributed by atoms with van der Waals surface area (Å²) in [6, 6.07) is 0. The Hall–Kier alpha value is -1.41. The van der Waals surface area contributed by atoms with Gasteiger partial charge < -0.3 is 5.11 Å². The normalized spacial score (nSPS) is 10.6. The third kappa shape index (κ3) is 43.0. The van der Waals surface area contributed by atoms with E-state index in [0.29, 0.717) is 12.8 Å². The monoisotopic (exact) mass is 593 g/mol. The summed E-state index contributed by atoms with van der Waals surface area (Å²) in [6.07, 6.45) is 41.6. The van der Waals surface area contributed by atoms with E-state index in [4.69, 9.17) is 5.11 Å². The number of ketones is 1. The van der Waals surface area contributed by atoms with Crippen molar-refractivity contribution in [1.82, 2.24) is 0 Å². The molecule has 42 heavy (non-hydrogen) atoms. The minimum atomic E-state index is -0.653. The van der Waals surface area contributed by atoms with Crippen molar-refractivity contribution in [3.63, 3.8) is 0 Å². The molecule has 0 atom stereocenters. The molecule has 0 unspecified atom stereocenters. The number of unbranched alkanes of at least 4 members (excludes halogenated alkanes) is 28. The Morgan fingerprint density at radius 2 is 0.667 bits per heavy atom. The van der Waals surface area contributed by atoms with Gasteiger partial charge in [0.25, 0.3) is 0 Å². The molecule has 0 rings (SSSR count). The van der Waals surface area contributed by atoms with Crippen LogP contribution in [-0.4, -0.2) is 22.8 Å². The fourth-order valence-electron chi connectivity index (χ4n) is 5.46. The Bertz CT molecular complexity index is 594. The lowest BCUT2D eigenvalue weighted by Gasteiger charge is -2.03. The van der Waals surface area contributed by atoms with Crippen LogP contribution in [0.5, 0.6) is 0 Å². The van der Waals surface area contributed by atoms with Crippen LogP contribution in [0.4, 0.5) is 0 Å². The average molecular weight is 593 g/mol. The average Bonchev–Trinajstić information content (AvgIpc) is 2.97. The maximum Gasteiger partial charge on any atom is 0.303 e. The summed E-state index contributed by atoms with van der Waals surface area (Å²) >= 11 is 0. The number of carbonyl (C=O) groups is 2. The van der Waals surface area contributed by atoms with Crippen molar-refractivity contribution in [3.8, 4) is 0 Å². The summed E-state index contributed by atoms with van der Waals surface area (Å²) in [5.74, 6) is 0.813. The summed E-state index contributed by atoms with van der Waals surface area (Å²) in [5, 5.41) is 8.52. The quantitative estimate of drug-likeness (QED) is 0.0467. The second-order valence-corrected chi connectivity index (χ2v) is 12.5. The van der Waals surface area contributed by atoms with E-state index in [0.717, 1.165) is 31.8 Å². The number of aliphatic carboxylic acids is 1. The molecule has 0 spiro atoms. The largest absolute Gasteiger partial charge is 0.481 e. The van der Waals surface area contributed by atoms with Gasteiger partial charge in [0.1, 0.15) is 5.94 Å². The van der Waals surface area contributed by atoms with Gasteiger partial charge in [0.05, 0.1) is 6.08 Å². The van der Waals surface area contributed by atoms with E-state index >= 15 is 0 Å². The van der Waals surface area contributed by atoms with Crippen molar-refractivity contribution in [2.45, 2.75) is 219 Å². The highest BCUT2D eigenvalue weighted by Gasteiger charge is 1.99. The maximum absolute atomic E-state index is 11.1. The van der Waals surface area contributed by atoms with Gasteiger partial charge in [0, 0.05) is 12.8 Å². The van der Waals surface area contributed by atoms with Crippen LogP contribution in [0.25, 0.3) is 0 Å². The number of allylic oxidation sites excluding steroid dienone is 1. The standard InChI is InChI=1S/C20H36O2.C18H36O2/c1-2-3-4-5-6-7-8-9-10-11-12-13-14-15-16-17-20(22)18-19-21;1-2-3-4-5-6-7-8-9-10-11-12-13-14-15-16-17-18(19)20/h18H,2-17H2,1H3;2-17H2,1H3,(H,19,20). The molecule has 0 saturated heterocycles. The van der Waals surface area contributed by atoms with Crippen LogP contribution in [0.2, 0.25) is 0 Å². The van der Waals surface area contributed by atoms with Crippen molar-refractivity contribution >= 4 is 17.7 Å². The van der Waals surface area contributed by atoms with Gasteiger partial charge in [0.15, 0.2) is 5.78 Å². The number of carboxylic acids is 1. The zero-order valence-corrected chi connectivity index (χ0v) is 28.4. The SMILES string of the molecule is CCCCCCCCCCCCCCCCCC(=O)C=C=O.CCCCCCCCCCCCCCCCCC(=O)O. The Labute approximate surface area is 262 Å². The topological polar surface area (TPSA) is 71.4 Å². The lowest BCUT2D eigenvalue weighted by atomic mass is 10.0. The second-order valence-electron chi connectivity index (χ2n) is 12.5. The molecule has 248 valence electrons. The van der Waals surface area contributed by atoms with Crippen LogP contribution in [0.15, 0.2) is 6.08 Å². The minimum Gasteiger partial charge on any atom is -0.481 e. The summed E-state index contributed by atoms with van der Waals surface area (Å²) in [5.41, 5.74) is 0. The Morgan fingerprint density at radius 3 is 0.905 bits per heavy atom. The molecule has 1 N–H and O–H groups in total. The van der Waals surface area contributed by atoms with E-state index in [1.807, 2.05) is 0 Å². The highest BCUT2D eigenvalue weighted by Crippen LogP contribution is 2.15. The molecule has 0 aromatic carbocycles. The number of hydrogen-bond donors (Lipinski definition) is 1. The Balaban J connectivity index is 0. The molecule has 0 saturated carbocycles. The summed E-state index contributed by atoms with van der Waals surface area (Å²) < 4.78 is 0. The Kier molecular flexibility index (Phi) is 40.3. The zero-order valence-electron chi connectivity index (χ0n) is 28.4. The molecule has 0 bridgehead atoms. The third-order valence-corrected chi connectivity index (χ3v) is 8.24. The molecule has 0 aliphatic rings. The smallest absolute Gasteiger partial charge is 0.303 e. The maximum atomic E-state index is 11.1. The second kappa shape index (κ2) is 39.6. The van der Waals surface area contributed by atoms with Gasteiger partial charge in [-0.1, -0.05) is 194 Å². The van der Waals surface area contributed by atoms with Crippen molar-refractivity contribution < 1.29 is 19.5 Å². The van der Waals surface area contributed by atoms with Crippen molar-refractivity contribution in [3.05, 3.63) is 6.08 Å². The van der Waals surface area contributed by atoms with E-state index in [1.165, 1.54) is 167 Å². The van der Waals surface area contributed by atoms with Crippen molar-refractivity contribution in [2.24, 2.45) is 0 Å². The first-order valence-electron chi connectivity index (χ1n) is 18.5. The van der Waals surface area contributed by atoms with Gasteiger partial charge in [-0.3, -0.25) is 9.59 Å². The van der Waals surface area contributed by atoms with Crippen LogP contribution < -0.4 is 0 Å². The highest BCUT2D eigenvalue weighted by molar-refractivity contribution is 5.95. The number of hydrogen-bond acceptors (Lipinski definition) is 3. The summed E-state index contributed by atoms with van der Waals surface area (Å²) in [6.45, 7) is 4.54. The fourth-order valence-corrected chi connectivity index (χ4v) is 5.46. The van der Waals surface area contributed by atoms with Crippen LogP contribution in [-0.2, 0) is 14.4 Å². The molecule has 0 radical (unpaired) electrons. The lowest BCUT2D eigenvalue weighted by molar-refractivity contribution is -0.137. The number of rotatable bonds is 33. The van der Waals surface area contributed by atoms with Crippen LogP contribution in [0.3, 0.4) is 0 Å². The van der Waals surface area contributed by atoms with Gasteiger partial charge in [0.2, 0.25) is 0 Å². The molecule has 0 amide bonds. The molecular formula is C38H72O4. The number of carboxylic acid groups (broad SMARTS) is 1. The fraction of sp³-hybridized carbons (Fsp3) is 0.895. The molecule has 0 aliphatic carbocycles. The molecular weight excluding hydrogens is 520 g/mol. The van der Waals surface area contributed by atoms with Crippen LogP contribution >= 0.6 is 0 Å². The molecule has 4 nitrogen and oxygen atoms in total.